The Morgan fingerprint density at radius 3 is 2.54 bits per heavy atom. The van der Waals surface area contributed by atoms with Gasteiger partial charge >= 0.3 is 0 Å². The molecule has 5 rings (SSSR count). The van der Waals surface area contributed by atoms with Crippen molar-refractivity contribution in [2.45, 2.75) is 18.8 Å². The molecule has 5 nitrogen and oxygen atoms in total. The van der Waals surface area contributed by atoms with Crippen LogP contribution in [0.4, 0.5) is 0 Å². The molecule has 0 spiro atoms. The summed E-state index contributed by atoms with van der Waals surface area (Å²) in [5.74, 6) is 1.43. The van der Waals surface area contributed by atoms with E-state index >= 15 is 0 Å². The zero-order chi connectivity index (χ0) is 18.9. The number of thiazole rings is 1. The van der Waals surface area contributed by atoms with Gasteiger partial charge in [-0.15, -0.1) is 11.3 Å². The van der Waals surface area contributed by atoms with Crippen molar-refractivity contribution in [2.75, 3.05) is 13.1 Å². The van der Waals surface area contributed by atoms with Crippen LogP contribution in [0.2, 0.25) is 0 Å². The average molecular weight is 388 g/mol. The molecule has 0 saturated carbocycles. The second-order valence-corrected chi connectivity index (χ2v) is 7.97. The number of nitrogens with zero attached hydrogens (tertiary/aromatic N) is 3. The number of likely N-dealkylation sites (tertiary alicyclic amines) is 1. The molecule has 0 aliphatic carbocycles. The summed E-state index contributed by atoms with van der Waals surface area (Å²) in [4.78, 5) is 27.5. The predicted octanol–water partition coefficient (Wildman–Crippen LogP) is 4.71. The maximum Gasteiger partial charge on any atom is 0.273 e. The Morgan fingerprint density at radius 2 is 1.75 bits per heavy atom. The number of carbonyl (C=O) groups is 1. The number of nitrogens with one attached hydrogen (secondary N) is 1. The molecule has 4 aromatic rings. The van der Waals surface area contributed by atoms with E-state index in [0.717, 1.165) is 53.4 Å². The van der Waals surface area contributed by atoms with Crippen molar-refractivity contribution in [3.05, 3.63) is 71.5 Å². The summed E-state index contributed by atoms with van der Waals surface area (Å²) >= 11 is 1.52. The highest BCUT2D eigenvalue weighted by Crippen LogP contribution is 2.29. The minimum atomic E-state index is 0.0292. The third kappa shape index (κ3) is 3.20. The van der Waals surface area contributed by atoms with Crippen molar-refractivity contribution in [1.82, 2.24) is 19.9 Å². The zero-order valence-electron chi connectivity index (χ0n) is 15.3. The first-order valence-corrected chi connectivity index (χ1v) is 10.4. The summed E-state index contributed by atoms with van der Waals surface area (Å²) in [6.07, 6.45) is 1.84. The maximum absolute atomic E-state index is 12.9. The van der Waals surface area contributed by atoms with Gasteiger partial charge in [0.2, 0.25) is 0 Å². The predicted molar refractivity (Wildman–Crippen MR) is 112 cm³/mol. The Bertz CT molecular complexity index is 1080. The third-order valence-electron chi connectivity index (χ3n) is 5.32. The Hall–Kier alpha value is -2.99. The van der Waals surface area contributed by atoms with Crippen molar-refractivity contribution < 1.29 is 4.79 Å². The van der Waals surface area contributed by atoms with Gasteiger partial charge in [0.1, 0.15) is 16.5 Å². The monoisotopic (exact) mass is 388 g/mol. The van der Waals surface area contributed by atoms with Gasteiger partial charge in [0.15, 0.2) is 0 Å². The number of rotatable bonds is 3. The van der Waals surface area contributed by atoms with E-state index in [1.807, 2.05) is 58.8 Å². The summed E-state index contributed by atoms with van der Waals surface area (Å²) in [6.45, 7) is 1.47. The number of para-hydroxylation sites is 2. The number of aromatic nitrogens is 3. The Kier molecular flexibility index (Phi) is 4.41. The highest BCUT2D eigenvalue weighted by atomic mass is 32.1. The van der Waals surface area contributed by atoms with E-state index in [1.165, 1.54) is 11.3 Å². The fourth-order valence-electron chi connectivity index (χ4n) is 3.77. The number of carbonyl (C=O) groups excluding carboxylic acids is 1. The summed E-state index contributed by atoms with van der Waals surface area (Å²) in [7, 11) is 0. The van der Waals surface area contributed by atoms with Gasteiger partial charge < -0.3 is 9.88 Å². The van der Waals surface area contributed by atoms with Crippen LogP contribution in [0.25, 0.3) is 21.6 Å². The molecule has 3 heterocycles. The van der Waals surface area contributed by atoms with Crippen molar-refractivity contribution in [2.24, 2.45) is 0 Å². The standard InChI is InChI=1S/C22H20N4OS/c27-22(19-14-28-21(25-19)16-6-2-1-3-7-16)26-12-10-15(11-13-26)20-23-17-8-4-5-9-18(17)24-20/h1-9,14-15H,10-13H2,(H,23,24). The second kappa shape index (κ2) is 7.20. The Balaban J connectivity index is 1.26. The Labute approximate surface area is 167 Å². The molecule has 1 amide bonds. The molecular weight excluding hydrogens is 368 g/mol. The van der Waals surface area contributed by atoms with Crippen molar-refractivity contribution >= 4 is 28.3 Å². The van der Waals surface area contributed by atoms with Gasteiger partial charge in [0, 0.05) is 30.0 Å². The summed E-state index contributed by atoms with van der Waals surface area (Å²) in [5.41, 5.74) is 3.68. The Morgan fingerprint density at radius 1 is 1.00 bits per heavy atom. The van der Waals surface area contributed by atoms with E-state index in [0.29, 0.717) is 11.6 Å². The summed E-state index contributed by atoms with van der Waals surface area (Å²) < 4.78 is 0. The van der Waals surface area contributed by atoms with Crippen molar-refractivity contribution in [1.29, 1.82) is 0 Å². The van der Waals surface area contributed by atoms with E-state index in [-0.39, 0.29) is 5.91 Å². The number of hydrogen-bond acceptors (Lipinski definition) is 4. The first-order valence-electron chi connectivity index (χ1n) is 9.53. The number of piperidine rings is 1. The lowest BCUT2D eigenvalue weighted by Gasteiger charge is -2.30. The van der Waals surface area contributed by atoms with Gasteiger partial charge in [-0.1, -0.05) is 42.5 Å². The molecular formula is C22H20N4OS. The molecule has 1 aliphatic rings. The lowest BCUT2D eigenvalue weighted by molar-refractivity contribution is 0.0706. The van der Waals surface area contributed by atoms with Gasteiger partial charge in [-0.05, 0) is 25.0 Å². The fraction of sp³-hybridized carbons (Fsp3) is 0.227. The van der Waals surface area contributed by atoms with Crippen LogP contribution in [0.5, 0.6) is 0 Å². The highest BCUT2D eigenvalue weighted by molar-refractivity contribution is 7.13. The number of aromatic amines is 1. The lowest BCUT2D eigenvalue weighted by atomic mass is 9.96. The highest BCUT2D eigenvalue weighted by Gasteiger charge is 2.27. The number of benzene rings is 2. The van der Waals surface area contributed by atoms with E-state index in [2.05, 4.69) is 16.0 Å². The van der Waals surface area contributed by atoms with Gasteiger partial charge in [-0.2, -0.15) is 0 Å². The molecule has 0 bridgehead atoms. The van der Waals surface area contributed by atoms with Gasteiger partial charge in [0.05, 0.1) is 11.0 Å². The minimum Gasteiger partial charge on any atom is -0.342 e. The average Bonchev–Trinajstić information content (AvgIpc) is 3.41. The van der Waals surface area contributed by atoms with Crippen LogP contribution in [-0.2, 0) is 0 Å². The van der Waals surface area contributed by atoms with Gasteiger partial charge in [-0.3, -0.25) is 4.79 Å². The quantitative estimate of drug-likeness (QED) is 0.553. The number of amides is 1. The molecule has 28 heavy (non-hydrogen) atoms. The summed E-state index contributed by atoms with van der Waals surface area (Å²) in [5, 5.41) is 2.76. The molecule has 0 radical (unpaired) electrons. The summed E-state index contributed by atoms with van der Waals surface area (Å²) in [6, 6.07) is 18.1. The second-order valence-electron chi connectivity index (χ2n) is 7.11. The first-order chi connectivity index (χ1) is 13.8. The van der Waals surface area contributed by atoms with Crippen LogP contribution in [-0.4, -0.2) is 38.8 Å². The smallest absolute Gasteiger partial charge is 0.273 e. The molecule has 140 valence electrons. The topological polar surface area (TPSA) is 61.9 Å². The normalized spacial score (nSPS) is 15.2. The maximum atomic E-state index is 12.9. The van der Waals surface area contributed by atoms with Crippen LogP contribution in [0.3, 0.4) is 0 Å². The number of hydrogen-bond donors (Lipinski definition) is 1. The van der Waals surface area contributed by atoms with Crippen LogP contribution in [0.1, 0.15) is 35.1 Å². The van der Waals surface area contributed by atoms with Crippen molar-refractivity contribution in [3.8, 4) is 10.6 Å². The van der Waals surface area contributed by atoms with Gasteiger partial charge in [-0.25, -0.2) is 9.97 Å². The van der Waals surface area contributed by atoms with E-state index in [4.69, 9.17) is 4.98 Å². The fourth-order valence-corrected chi connectivity index (χ4v) is 4.57. The molecule has 1 N–H and O–H groups in total. The van der Waals surface area contributed by atoms with Crippen LogP contribution in [0, 0.1) is 0 Å². The van der Waals surface area contributed by atoms with Crippen LogP contribution < -0.4 is 0 Å². The third-order valence-corrected chi connectivity index (χ3v) is 6.21. The van der Waals surface area contributed by atoms with Gasteiger partial charge in [0.25, 0.3) is 5.91 Å². The zero-order valence-corrected chi connectivity index (χ0v) is 16.2. The SMILES string of the molecule is O=C(c1csc(-c2ccccc2)n1)N1CCC(c2nc3ccccc3[nH]2)CC1. The number of H-pyrrole nitrogens is 1. The molecule has 6 heteroatoms. The minimum absolute atomic E-state index is 0.0292. The lowest BCUT2D eigenvalue weighted by Crippen LogP contribution is -2.38. The van der Waals surface area contributed by atoms with E-state index in [1.54, 1.807) is 0 Å². The van der Waals surface area contributed by atoms with Crippen molar-refractivity contribution in [3.63, 3.8) is 0 Å². The number of imidazole rings is 1. The molecule has 1 aliphatic heterocycles. The molecule has 1 fully saturated rings. The van der Waals surface area contributed by atoms with Crippen LogP contribution in [0.15, 0.2) is 60.0 Å². The molecule has 0 unspecified atom stereocenters. The number of fused-ring (bicyclic) bond motifs is 1. The molecule has 2 aromatic heterocycles. The van der Waals surface area contributed by atoms with Crippen LogP contribution >= 0.6 is 11.3 Å². The van der Waals surface area contributed by atoms with E-state index < -0.39 is 0 Å². The molecule has 1 saturated heterocycles. The van der Waals surface area contributed by atoms with E-state index in [9.17, 15) is 4.79 Å². The first kappa shape index (κ1) is 17.1. The molecule has 2 aromatic carbocycles. The largest absolute Gasteiger partial charge is 0.342 e. The molecule has 0 atom stereocenters.